The highest BCUT2D eigenvalue weighted by Gasteiger charge is 2.20. The molecule has 3 aromatic heterocycles. The number of benzene rings is 1. The lowest BCUT2D eigenvalue weighted by Gasteiger charge is -2.14. The van der Waals surface area contributed by atoms with Gasteiger partial charge in [-0.1, -0.05) is 18.2 Å². The topological polar surface area (TPSA) is 104 Å². The summed E-state index contributed by atoms with van der Waals surface area (Å²) in [5.74, 6) is 0.579. The van der Waals surface area contributed by atoms with Gasteiger partial charge in [0, 0.05) is 32.1 Å². The molecule has 2 N–H and O–H groups in total. The average molecular weight is 359 g/mol. The maximum absolute atomic E-state index is 12.7. The molecule has 4 rings (SSSR count). The number of aromatic amines is 1. The van der Waals surface area contributed by atoms with Crippen LogP contribution in [0.5, 0.6) is 0 Å². The zero-order valence-electron chi connectivity index (χ0n) is 14.8. The number of nitrogens with zero attached hydrogens (tertiary/aromatic N) is 5. The van der Waals surface area contributed by atoms with Crippen molar-refractivity contribution in [1.29, 1.82) is 5.41 Å². The number of aromatic nitrogens is 5. The third-order valence-corrected chi connectivity index (χ3v) is 4.14. The highest BCUT2D eigenvalue weighted by atomic mass is 16.1. The monoisotopic (exact) mass is 359 g/mol. The van der Waals surface area contributed by atoms with Crippen molar-refractivity contribution in [3.05, 3.63) is 71.0 Å². The van der Waals surface area contributed by atoms with Crippen LogP contribution in [-0.2, 0) is 0 Å². The Kier molecular flexibility index (Phi) is 4.00. The van der Waals surface area contributed by atoms with E-state index in [2.05, 4.69) is 19.9 Å². The molecule has 0 amide bonds. The molecule has 8 nitrogen and oxygen atoms in total. The molecule has 0 atom stereocenters. The van der Waals surface area contributed by atoms with Gasteiger partial charge < -0.3 is 9.88 Å². The lowest BCUT2D eigenvalue weighted by atomic mass is 10.2. The number of fused-ring (bicyclic) bond motifs is 1. The molecule has 3 heterocycles. The molecule has 0 aliphatic carbocycles. The third kappa shape index (κ3) is 2.86. The fourth-order valence-electron chi connectivity index (χ4n) is 2.81. The number of amidine groups is 1. The summed E-state index contributed by atoms with van der Waals surface area (Å²) in [6, 6.07) is 12.9. The minimum absolute atomic E-state index is 0.175. The second-order valence-corrected chi connectivity index (χ2v) is 6.18. The Bertz CT molecular complexity index is 1180. The summed E-state index contributed by atoms with van der Waals surface area (Å²) in [6.07, 6.45) is 3.32. The van der Waals surface area contributed by atoms with Gasteiger partial charge in [-0.25, -0.2) is 19.3 Å². The predicted octanol–water partition coefficient (Wildman–Crippen LogP) is 2.06. The van der Waals surface area contributed by atoms with Crippen LogP contribution in [0.2, 0.25) is 0 Å². The summed E-state index contributed by atoms with van der Waals surface area (Å²) >= 11 is 0. The maximum Gasteiger partial charge on any atom is 0.332 e. The molecule has 0 spiro atoms. The molecule has 0 aliphatic rings. The van der Waals surface area contributed by atoms with Crippen molar-refractivity contribution in [2.24, 2.45) is 0 Å². The van der Waals surface area contributed by atoms with E-state index in [1.807, 2.05) is 36.4 Å². The van der Waals surface area contributed by atoms with Gasteiger partial charge in [-0.15, -0.1) is 0 Å². The first-order valence-electron chi connectivity index (χ1n) is 8.31. The molecule has 0 bridgehead atoms. The van der Waals surface area contributed by atoms with E-state index in [0.717, 1.165) is 0 Å². The van der Waals surface area contributed by atoms with Gasteiger partial charge in [0.2, 0.25) is 0 Å². The first kappa shape index (κ1) is 16.6. The highest BCUT2D eigenvalue weighted by molar-refractivity contribution is 6.04. The van der Waals surface area contributed by atoms with Crippen LogP contribution in [0.15, 0.2) is 59.7 Å². The number of para-hydroxylation sites is 1. The minimum atomic E-state index is -0.332. The Morgan fingerprint density at radius 2 is 1.89 bits per heavy atom. The van der Waals surface area contributed by atoms with Crippen LogP contribution in [0.1, 0.15) is 5.69 Å². The summed E-state index contributed by atoms with van der Waals surface area (Å²) in [5.41, 5.74) is 2.27. The van der Waals surface area contributed by atoms with E-state index in [-0.39, 0.29) is 11.5 Å². The Hall–Kier alpha value is -3.81. The second-order valence-electron chi connectivity index (χ2n) is 6.18. The third-order valence-electron chi connectivity index (χ3n) is 4.14. The summed E-state index contributed by atoms with van der Waals surface area (Å²) in [5, 5.41) is 8.40. The molecule has 8 heteroatoms. The number of rotatable bonds is 3. The normalized spacial score (nSPS) is 10.9. The first-order chi connectivity index (χ1) is 13.1. The van der Waals surface area contributed by atoms with Crippen LogP contribution in [0, 0.1) is 5.41 Å². The summed E-state index contributed by atoms with van der Waals surface area (Å²) in [6.45, 7) is 0. The smallest absolute Gasteiger partial charge is 0.332 e. The minimum Gasteiger partial charge on any atom is -0.361 e. The Morgan fingerprint density at radius 3 is 2.56 bits per heavy atom. The molecule has 0 fully saturated rings. The maximum atomic E-state index is 12.7. The predicted molar refractivity (Wildman–Crippen MR) is 103 cm³/mol. The van der Waals surface area contributed by atoms with Crippen LogP contribution in [0.25, 0.3) is 28.2 Å². The zero-order chi connectivity index (χ0) is 19.0. The summed E-state index contributed by atoms with van der Waals surface area (Å²) in [7, 11) is 3.51. The van der Waals surface area contributed by atoms with E-state index in [1.165, 1.54) is 4.57 Å². The van der Waals surface area contributed by atoms with Crippen molar-refractivity contribution in [2.45, 2.75) is 0 Å². The van der Waals surface area contributed by atoms with Gasteiger partial charge in [-0.2, -0.15) is 0 Å². The Balaban J connectivity index is 2.08. The van der Waals surface area contributed by atoms with Gasteiger partial charge in [0.05, 0.1) is 5.69 Å². The number of hydrogen-bond donors (Lipinski definition) is 2. The molecule has 1 aromatic carbocycles. The summed E-state index contributed by atoms with van der Waals surface area (Å²) in [4.78, 5) is 30.4. The number of H-pyrrole nitrogens is 1. The van der Waals surface area contributed by atoms with Crippen LogP contribution >= 0.6 is 0 Å². The molecule has 0 saturated heterocycles. The van der Waals surface area contributed by atoms with E-state index in [9.17, 15) is 4.79 Å². The standard InChI is InChI=1S/C19H17N7O/c1-25(2)16(20)14-15-18(24-17(22-14)12-7-6-10-21-11-12)26(19(27)23-15)13-8-4-3-5-9-13/h3-11,20H,1-2H3,(H,23,27). The van der Waals surface area contributed by atoms with Gasteiger partial charge in [-0.05, 0) is 24.3 Å². The second kappa shape index (κ2) is 6.49. The van der Waals surface area contributed by atoms with Crippen molar-refractivity contribution in [1.82, 2.24) is 29.4 Å². The molecule has 0 radical (unpaired) electrons. The molecule has 27 heavy (non-hydrogen) atoms. The van der Waals surface area contributed by atoms with Crippen molar-refractivity contribution >= 4 is 17.0 Å². The molecular weight excluding hydrogens is 342 g/mol. The van der Waals surface area contributed by atoms with Crippen molar-refractivity contribution in [3.8, 4) is 17.1 Å². The Labute approximate surface area is 154 Å². The molecular formula is C19H17N7O. The van der Waals surface area contributed by atoms with Crippen molar-refractivity contribution < 1.29 is 0 Å². The number of hydrogen-bond acceptors (Lipinski definition) is 5. The van der Waals surface area contributed by atoms with Gasteiger partial charge in [0.25, 0.3) is 0 Å². The van der Waals surface area contributed by atoms with Gasteiger partial charge in [0.15, 0.2) is 11.5 Å². The fourth-order valence-corrected chi connectivity index (χ4v) is 2.81. The van der Waals surface area contributed by atoms with Crippen LogP contribution in [-0.4, -0.2) is 49.3 Å². The molecule has 134 valence electrons. The quantitative estimate of drug-likeness (QED) is 0.430. The SMILES string of the molecule is CN(C)C(=N)c1nc(-c2cccnc2)nc2c1[nH]c(=O)n2-c1ccccc1. The molecule has 4 aromatic rings. The van der Waals surface area contributed by atoms with Gasteiger partial charge >= 0.3 is 5.69 Å². The van der Waals surface area contributed by atoms with Gasteiger partial charge in [0.1, 0.15) is 17.0 Å². The van der Waals surface area contributed by atoms with Crippen LogP contribution in [0.4, 0.5) is 0 Å². The van der Waals surface area contributed by atoms with E-state index in [1.54, 1.807) is 37.5 Å². The lowest BCUT2D eigenvalue weighted by molar-refractivity contribution is 0.617. The van der Waals surface area contributed by atoms with Crippen LogP contribution in [0.3, 0.4) is 0 Å². The Morgan fingerprint density at radius 1 is 1.11 bits per heavy atom. The highest BCUT2D eigenvalue weighted by Crippen LogP contribution is 2.22. The number of imidazole rings is 1. The summed E-state index contributed by atoms with van der Waals surface area (Å²) < 4.78 is 1.49. The lowest BCUT2D eigenvalue weighted by Crippen LogP contribution is -2.23. The number of nitrogens with one attached hydrogen (secondary N) is 2. The van der Waals surface area contributed by atoms with E-state index < -0.39 is 0 Å². The molecule has 0 aliphatic heterocycles. The van der Waals surface area contributed by atoms with Gasteiger partial charge in [-0.3, -0.25) is 10.4 Å². The van der Waals surface area contributed by atoms with Crippen molar-refractivity contribution in [3.63, 3.8) is 0 Å². The number of pyridine rings is 1. The van der Waals surface area contributed by atoms with E-state index in [0.29, 0.717) is 33.9 Å². The van der Waals surface area contributed by atoms with E-state index in [4.69, 9.17) is 5.41 Å². The van der Waals surface area contributed by atoms with E-state index >= 15 is 0 Å². The fraction of sp³-hybridized carbons (Fsp3) is 0.105. The largest absolute Gasteiger partial charge is 0.361 e. The zero-order valence-corrected chi connectivity index (χ0v) is 14.8. The average Bonchev–Trinajstić information content (AvgIpc) is 3.03. The van der Waals surface area contributed by atoms with Crippen molar-refractivity contribution in [2.75, 3.05) is 14.1 Å². The molecule has 0 unspecified atom stereocenters. The first-order valence-corrected chi connectivity index (χ1v) is 8.31. The molecule has 0 saturated carbocycles. The van der Waals surface area contributed by atoms with Crippen LogP contribution < -0.4 is 5.69 Å².